The highest BCUT2D eigenvalue weighted by molar-refractivity contribution is 5.94. The van der Waals surface area contributed by atoms with Gasteiger partial charge < -0.3 is 20.9 Å². The van der Waals surface area contributed by atoms with Crippen LogP contribution in [0.4, 0.5) is 0 Å². The molecule has 0 atom stereocenters. The normalized spacial score (nSPS) is 18.0. The summed E-state index contributed by atoms with van der Waals surface area (Å²) in [5, 5.41) is 13.0. The molecule has 19 heavy (non-hydrogen) atoms. The number of hydrogen-bond acceptors (Lipinski definition) is 5. The second-order valence-electron chi connectivity index (χ2n) is 4.76. The summed E-state index contributed by atoms with van der Waals surface area (Å²) in [6, 6.07) is 3.28. The molecule has 0 saturated carbocycles. The maximum absolute atomic E-state index is 12.0. The molecule has 0 bridgehead atoms. The van der Waals surface area contributed by atoms with E-state index in [9.17, 15) is 9.90 Å². The van der Waals surface area contributed by atoms with Crippen LogP contribution >= 0.6 is 0 Å². The fourth-order valence-electron chi connectivity index (χ4n) is 2.01. The van der Waals surface area contributed by atoms with Gasteiger partial charge in [-0.3, -0.25) is 9.78 Å². The molecule has 0 radical (unpaired) electrons. The summed E-state index contributed by atoms with van der Waals surface area (Å²) in [4.78, 5) is 16.0. The topological polar surface area (TPSA) is 97.5 Å². The number of nitrogens with zero attached hydrogens (tertiary/aromatic N) is 1. The Labute approximate surface area is 112 Å². The summed E-state index contributed by atoms with van der Waals surface area (Å²) in [5.74, 6) is -0.225. The van der Waals surface area contributed by atoms with Crippen LogP contribution in [0, 0.1) is 0 Å². The molecule has 0 aromatic carbocycles. The third-order valence-electron chi connectivity index (χ3n) is 3.29. The van der Waals surface area contributed by atoms with Crippen molar-refractivity contribution in [3.63, 3.8) is 0 Å². The first kappa shape index (κ1) is 13.9. The predicted octanol–water partition coefficient (Wildman–Crippen LogP) is -0.188. The standard InChI is InChI=1S/C13H19N3O3/c14-8-11-7-10(1-4-15-11)12(17)16-9-13(18)2-5-19-6-3-13/h1,4,7,18H,2-3,5-6,8-9,14H2,(H,16,17). The number of nitrogens with one attached hydrogen (secondary N) is 1. The Kier molecular flexibility index (Phi) is 4.47. The minimum atomic E-state index is -0.863. The van der Waals surface area contributed by atoms with Crippen molar-refractivity contribution in [1.29, 1.82) is 0 Å². The maximum atomic E-state index is 12.0. The summed E-state index contributed by atoms with van der Waals surface area (Å²) in [7, 11) is 0. The maximum Gasteiger partial charge on any atom is 0.251 e. The van der Waals surface area contributed by atoms with Gasteiger partial charge in [0.15, 0.2) is 0 Å². The highest BCUT2D eigenvalue weighted by atomic mass is 16.5. The molecule has 1 aliphatic rings. The lowest BCUT2D eigenvalue weighted by molar-refractivity contribution is -0.0605. The molecule has 1 aromatic heterocycles. The summed E-state index contributed by atoms with van der Waals surface area (Å²) >= 11 is 0. The third kappa shape index (κ3) is 3.73. The Morgan fingerprint density at radius 3 is 2.95 bits per heavy atom. The SMILES string of the molecule is NCc1cc(C(=O)NCC2(O)CCOCC2)ccn1. The molecule has 6 heteroatoms. The van der Waals surface area contributed by atoms with Crippen molar-refractivity contribution in [3.05, 3.63) is 29.6 Å². The number of pyridine rings is 1. The zero-order chi connectivity index (χ0) is 13.7. The molecule has 0 aliphatic carbocycles. The monoisotopic (exact) mass is 265 g/mol. The van der Waals surface area contributed by atoms with Gasteiger partial charge in [0.25, 0.3) is 5.91 Å². The molecule has 104 valence electrons. The number of hydrogen-bond donors (Lipinski definition) is 3. The second kappa shape index (κ2) is 6.10. The van der Waals surface area contributed by atoms with E-state index < -0.39 is 5.60 Å². The van der Waals surface area contributed by atoms with E-state index in [1.807, 2.05) is 0 Å². The number of rotatable bonds is 4. The minimum Gasteiger partial charge on any atom is -0.388 e. The Morgan fingerprint density at radius 1 is 1.53 bits per heavy atom. The lowest BCUT2D eigenvalue weighted by Crippen LogP contribution is -2.46. The van der Waals surface area contributed by atoms with Gasteiger partial charge in [0.2, 0.25) is 0 Å². The Hall–Kier alpha value is -1.50. The van der Waals surface area contributed by atoms with Gasteiger partial charge in [-0.05, 0) is 12.1 Å². The van der Waals surface area contributed by atoms with E-state index in [0.29, 0.717) is 43.9 Å². The Morgan fingerprint density at radius 2 is 2.26 bits per heavy atom. The minimum absolute atomic E-state index is 0.225. The van der Waals surface area contributed by atoms with Crippen LogP contribution in [0.1, 0.15) is 28.9 Å². The summed E-state index contributed by atoms with van der Waals surface area (Å²) in [5.41, 5.74) is 5.79. The van der Waals surface area contributed by atoms with Crippen LogP contribution < -0.4 is 11.1 Å². The van der Waals surface area contributed by atoms with Crippen LogP contribution in [0.25, 0.3) is 0 Å². The molecule has 1 amide bonds. The Bertz CT molecular complexity index is 445. The molecular formula is C13H19N3O3. The molecule has 1 fully saturated rings. The van der Waals surface area contributed by atoms with Crippen LogP contribution in [0.3, 0.4) is 0 Å². The number of ether oxygens (including phenoxy) is 1. The molecular weight excluding hydrogens is 246 g/mol. The zero-order valence-corrected chi connectivity index (χ0v) is 10.8. The zero-order valence-electron chi connectivity index (χ0n) is 10.8. The molecule has 2 rings (SSSR count). The molecule has 1 saturated heterocycles. The van der Waals surface area contributed by atoms with Crippen molar-refractivity contribution in [2.75, 3.05) is 19.8 Å². The third-order valence-corrected chi connectivity index (χ3v) is 3.29. The van der Waals surface area contributed by atoms with Gasteiger partial charge in [-0.1, -0.05) is 0 Å². The summed E-state index contributed by atoms with van der Waals surface area (Å²) in [6.45, 7) is 1.58. The van der Waals surface area contributed by atoms with Crippen LogP contribution in [-0.2, 0) is 11.3 Å². The van der Waals surface area contributed by atoms with Gasteiger partial charge in [0.1, 0.15) is 0 Å². The van der Waals surface area contributed by atoms with E-state index in [4.69, 9.17) is 10.5 Å². The van der Waals surface area contributed by atoms with E-state index in [2.05, 4.69) is 10.3 Å². The summed E-state index contributed by atoms with van der Waals surface area (Å²) in [6.07, 6.45) is 2.63. The molecule has 4 N–H and O–H groups in total. The van der Waals surface area contributed by atoms with Crippen molar-refractivity contribution >= 4 is 5.91 Å². The second-order valence-corrected chi connectivity index (χ2v) is 4.76. The van der Waals surface area contributed by atoms with Crippen LogP contribution in [-0.4, -0.2) is 41.4 Å². The van der Waals surface area contributed by atoms with Crippen molar-refractivity contribution < 1.29 is 14.6 Å². The number of aromatic nitrogens is 1. The lowest BCUT2D eigenvalue weighted by Gasteiger charge is -2.32. The van der Waals surface area contributed by atoms with Crippen molar-refractivity contribution in [2.24, 2.45) is 5.73 Å². The highest BCUT2D eigenvalue weighted by Gasteiger charge is 2.30. The molecule has 6 nitrogen and oxygen atoms in total. The van der Waals surface area contributed by atoms with E-state index in [1.54, 1.807) is 18.3 Å². The molecule has 1 aliphatic heterocycles. The van der Waals surface area contributed by atoms with E-state index in [-0.39, 0.29) is 12.5 Å². The van der Waals surface area contributed by atoms with E-state index >= 15 is 0 Å². The van der Waals surface area contributed by atoms with Crippen LogP contribution in [0.15, 0.2) is 18.3 Å². The molecule has 1 aromatic rings. The first-order chi connectivity index (χ1) is 9.13. The van der Waals surface area contributed by atoms with Crippen molar-refractivity contribution in [3.8, 4) is 0 Å². The number of nitrogens with two attached hydrogens (primary N) is 1. The fourth-order valence-corrected chi connectivity index (χ4v) is 2.01. The van der Waals surface area contributed by atoms with Gasteiger partial charge >= 0.3 is 0 Å². The van der Waals surface area contributed by atoms with Crippen molar-refractivity contribution in [1.82, 2.24) is 10.3 Å². The number of carbonyl (C=O) groups is 1. The quantitative estimate of drug-likeness (QED) is 0.701. The van der Waals surface area contributed by atoms with Crippen LogP contribution in [0.5, 0.6) is 0 Å². The largest absolute Gasteiger partial charge is 0.388 e. The van der Waals surface area contributed by atoms with Crippen LogP contribution in [0.2, 0.25) is 0 Å². The average molecular weight is 265 g/mol. The molecule has 0 spiro atoms. The van der Waals surface area contributed by atoms with Gasteiger partial charge in [-0.15, -0.1) is 0 Å². The fraction of sp³-hybridized carbons (Fsp3) is 0.538. The van der Waals surface area contributed by atoms with Crippen molar-refractivity contribution in [2.45, 2.75) is 25.0 Å². The number of amides is 1. The number of aliphatic hydroxyl groups is 1. The first-order valence-electron chi connectivity index (χ1n) is 6.36. The highest BCUT2D eigenvalue weighted by Crippen LogP contribution is 2.19. The molecule has 2 heterocycles. The van der Waals surface area contributed by atoms with Gasteiger partial charge in [-0.2, -0.15) is 0 Å². The Balaban J connectivity index is 1.93. The van der Waals surface area contributed by atoms with Gasteiger partial charge in [-0.25, -0.2) is 0 Å². The smallest absolute Gasteiger partial charge is 0.251 e. The van der Waals surface area contributed by atoms with E-state index in [0.717, 1.165) is 0 Å². The van der Waals surface area contributed by atoms with Gasteiger partial charge in [0.05, 0.1) is 11.3 Å². The van der Waals surface area contributed by atoms with E-state index in [1.165, 1.54) is 0 Å². The average Bonchev–Trinajstić information content (AvgIpc) is 2.46. The summed E-state index contributed by atoms with van der Waals surface area (Å²) < 4.78 is 5.19. The predicted molar refractivity (Wildman–Crippen MR) is 69.5 cm³/mol. The van der Waals surface area contributed by atoms with Gasteiger partial charge in [0, 0.05) is 50.9 Å². The molecule has 0 unspecified atom stereocenters. The first-order valence-corrected chi connectivity index (χ1v) is 6.36. The lowest BCUT2D eigenvalue weighted by atomic mass is 9.94. The number of carbonyl (C=O) groups excluding carboxylic acids is 1.